The van der Waals surface area contributed by atoms with E-state index in [0.717, 1.165) is 18.1 Å². The Morgan fingerprint density at radius 3 is 3.00 bits per heavy atom. The first kappa shape index (κ1) is 14.0. The van der Waals surface area contributed by atoms with Crippen LogP contribution in [0.5, 0.6) is 0 Å². The van der Waals surface area contributed by atoms with Gasteiger partial charge in [-0.3, -0.25) is 0 Å². The van der Waals surface area contributed by atoms with Gasteiger partial charge in [0.2, 0.25) is 0 Å². The van der Waals surface area contributed by atoms with Crippen molar-refractivity contribution in [1.29, 1.82) is 0 Å². The second-order valence-corrected chi connectivity index (χ2v) is 5.96. The first-order valence-electron chi connectivity index (χ1n) is 7.12. The minimum absolute atomic E-state index is 0.399. The summed E-state index contributed by atoms with van der Waals surface area (Å²) < 4.78 is 14.6. The van der Waals surface area contributed by atoms with E-state index < -0.39 is 5.82 Å². The Balaban J connectivity index is 1.51. The maximum absolute atomic E-state index is 13.4. The van der Waals surface area contributed by atoms with Crippen LogP contribution in [0.15, 0.2) is 42.3 Å². The van der Waals surface area contributed by atoms with Crippen LogP contribution in [0.3, 0.4) is 0 Å². The van der Waals surface area contributed by atoms with Gasteiger partial charge in [0.15, 0.2) is 5.65 Å². The molecular weight excluding hydrogens is 313 g/mol. The Morgan fingerprint density at radius 1 is 1.09 bits per heavy atom. The Labute approximate surface area is 135 Å². The highest BCUT2D eigenvalue weighted by molar-refractivity contribution is 7.16. The van der Waals surface area contributed by atoms with Gasteiger partial charge >= 0.3 is 0 Å². The van der Waals surface area contributed by atoms with Crippen molar-refractivity contribution in [2.75, 3.05) is 11.9 Å². The van der Waals surface area contributed by atoms with Gasteiger partial charge in [-0.05, 0) is 30.2 Å². The van der Waals surface area contributed by atoms with E-state index in [9.17, 15) is 4.39 Å². The van der Waals surface area contributed by atoms with Crippen molar-refractivity contribution in [3.8, 4) is 0 Å². The quantitative estimate of drug-likeness (QED) is 0.623. The van der Waals surface area contributed by atoms with Crippen LogP contribution in [0.1, 0.15) is 5.56 Å². The maximum Gasteiger partial charge on any atom is 0.164 e. The van der Waals surface area contributed by atoms with E-state index in [1.165, 1.54) is 22.7 Å². The standard InChI is InChI=1S/C16H12FN5S/c17-11-6-12-15(20-8-21-16(12)19-7-11)18-4-3-10-1-2-14-13(5-10)22-9-23-14/h1-2,5-9H,3-4H2,(H,18,19,20,21). The molecular formula is C16H12FN5S. The summed E-state index contributed by atoms with van der Waals surface area (Å²) in [4.78, 5) is 16.5. The Bertz CT molecular complexity index is 984. The number of anilines is 1. The molecule has 0 fully saturated rings. The number of aromatic nitrogens is 4. The van der Waals surface area contributed by atoms with Crippen LogP contribution in [0, 0.1) is 5.82 Å². The highest BCUT2D eigenvalue weighted by atomic mass is 32.1. The fourth-order valence-corrected chi connectivity index (χ4v) is 3.10. The molecule has 0 unspecified atom stereocenters. The number of fused-ring (bicyclic) bond motifs is 2. The van der Waals surface area contributed by atoms with Crippen molar-refractivity contribution in [3.05, 3.63) is 53.7 Å². The predicted molar refractivity (Wildman–Crippen MR) is 89.1 cm³/mol. The van der Waals surface area contributed by atoms with Crippen molar-refractivity contribution >= 4 is 38.4 Å². The Morgan fingerprint density at radius 2 is 2.04 bits per heavy atom. The number of hydrogen-bond donors (Lipinski definition) is 1. The van der Waals surface area contributed by atoms with Crippen molar-refractivity contribution < 1.29 is 4.39 Å². The van der Waals surface area contributed by atoms with Crippen LogP contribution in [-0.4, -0.2) is 26.5 Å². The average Bonchev–Trinajstić information content (AvgIpc) is 3.03. The molecule has 4 rings (SSSR count). The molecule has 0 aliphatic carbocycles. The van der Waals surface area contributed by atoms with Crippen molar-refractivity contribution in [1.82, 2.24) is 19.9 Å². The van der Waals surface area contributed by atoms with Gasteiger partial charge in [-0.2, -0.15) is 0 Å². The lowest BCUT2D eigenvalue weighted by molar-refractivity contribution is 0.624. The zero-order valence-electron chi connectivity index (χ0n) is 12.0. The summed E-state index contributed by atoms with van der Waals surface area (Å²) in [6.45, 7) is 0.679. The largest absolute Gasteiger partial charge is 0.369 e. The SMILES string of the molecule is Fc1cnc2ncnc(NCCc3ccc4scnc4c3)c2c1. The lowest BCUT2D eigenvalue weighted by Crippen LogP contribution is -2.07. The molecule has 0 spiro atoms. The number of thiazole rings is 1. The molecule has 5 nitrogen and oxygen atoms in total. The highest BCUT2D eigenvalue weighted by Gasteiger charge is 2.06. The first-order chi connectivity index (χ1) is 11.3. The number of nitrogens with one attached hydrogen (secondary N) is 1. The first-order valence-corrected chi connectivity index (χ1v) is 8.00. The van der Waals surface area contributed by atoms with E-state index in [2.05, 4.69) is 43.5 Å². The van der Waals surface area contributed by atoms with Gasteiger partial charge < -0.3 is 5.32 Å². The van der Waals surface area contributed by atoms with E-state index in [1.54, 1.807) is 11.3 Å². The molecule has 3 aromatic heterocycles. The number of nitrogens with zero attached hydrogens (tertiary/aromatic N) is 4. The molecule has 114 valence electrons. The minimum Gasteiger partial charge on any atom is -0.369 e. The maximum atomic E-state index is 13.4. The fourth-order valence-electron chi connectivity index (χ4n) is 2.45. The summed E-state index contributed by atoms with van der Waals surface area (Å²) in [5.74, 6) is 0.195. The summed E-state index contributed by atoms with van der Waals surface area (Å²) in [5, 5.41) is 3.82. The minimum atomic E-state index is -0.399. The summed E-state index contributed by atoms with van der Waals surface area (Å²) >= 11 is 1.63. The number of pyridine rings is 1. The Hall–Kier alpha value is -2.67. The third kappa shape index (κ3) is 2.83. The molecule has 0 radical (unpaired) electrons. The van der Waals surface area contributed by atoms with Crippen LogP contribution in [-0.2, 0) is 6.42 Å². The molecule has 1 aromatic carbocycles. The normalized spacial score (nSPS) is 11.2. The van der Waals surface area contributed by atoms with Gasteiger partial charge in [0.05, 0.1) is 27.3 Å². The summed E-state index contributed by atoms with van der Waals surface area (Å²) in [6, 6.07) is 7.67. The van der Waals surface area contributed by atoms with Crippen LogP contribution >= 0.6 is 11.3 Å². The molecule has 23 heavy (non-hydrogen) atoms. The van der Waals surface area contributed by atoms with E-state index in [1.807, 2.05) is 5.51 Å². The van der Waals surface area contributed by atoms with Crippen LogP contribution in [0.2, 0.25) is 0 Å². The fraction of sp³-hybridized carbons (Fsp3) is 0.125. The topological polar surface area (TPSA) is 63.6 Å². The van der Waals surface area contributed by atoms with Gasteiger partial charge in [0.1, 0.15) is 18.0 Å². The van der Waals surface area contributed by atoms with E-state index in [4.69, 9.17) is 0 Å². The molecule has 3 heterocycles. The van der Waals surface area contributed by atoms with Gasteiger partial charge in [-0.25, -0.2) is 24.3 Å². The van der Waals surface area contributed by atoms with Gasteiger partial charge in [0.25, 0.3) is 0 Å². The smallest absolute Gasteiger partial charge is 0.164 e. The number of benzene rings is 1. The Kier molecular flexibility index (Phi) is 3.55. The average molecular weight is 325 g/mol. The predicted octanol–water partition coefficient (Wildman–Crippen LogP) is 3.43. The van der Waals surface area contributed by atoms with Gasteiger partial charge in [-0.1, -0.05) is 6.07 Å². The van der Waals surface area contributed by atoms with Crippen LogP contribution in [0.4, 0.5) is 10.2 Å². The van der Waals surface area contributed by atoms with E-state index in [-0.39, 0.29) is 0 Å². The molecule has 7 heteroatoms. The highest BCUT2D eigenvalue weighted by Crippen LogP contribution is 2.20. The number of halogens is 1. The zero-order chi connectivity index (χ0) is 15.6. The van der Waals surface area contributed by atoms with Crippen molar-refractivity contribution in [2.45, 2.75) is 6.42 Å². The molecule has 0 bridgehead atoms. The van der Waals surface area contributed by atoms with Gasteiger partial charge in [-0.15, -0.1) is 11.3 Å². The summed E-state index contributed by atoms with van der Waals surface area (Å²) in [7, 11) is 0. The van der Waals surface area contributed by atoms with Crippen LogP contribution < -0.4 is 5.32 Å². The van der Waals surface area contributed by atoms with E-state index >= 15 is 0 Å². The lowest BCUT2D eigenvalue weighted by atomic mass is 10.1. The van der Waals surface area contributed by atoms with Crippen LogP contribution in [0.25, 0.3) is 21.3 Å². The second-order valence-electron chi connectivity index (χ2n) is 5.08. The molecule has 4 aromatic rings. The molecule has 0 atom stereocenters. The molecule has 0 saturated heterocycles. The summed E-state index contributed by atoms with van der Waals surface area (Å²) in [6.07, 6.45) is 3.40. The zero-order valence-corrected chi connectivity index (χ0v) is 12.8. The van der Waals surface area contributed by atoms with E-state index in [0.29, 0.717) is 23.4 Å². The third-order valence-corrected chi connectivity index (χ3v) is 4.37. The number of rotatable bonds is 4. The molecule has 0 amide bonds. The lowest BCUT2D eigenvalue weighted by Gasteiger charge is -2.08. The molecule has 1 N–H and O–H groups in total. The summed E-state index contributed by atoms with van der Waals surface area (Å²) in [5.41, 5.74) is 4.54. The monoisotopic (exact) mass is 325 g/mol. The second kappa shape index (κ2) is 5.85. The van der Waals surface area contributed by atoms with Crippen molar-refractivity contribution in [2.24, 2.45) is 0 Å². The molecule has 0 saturated carbocycles. The van der Waals surface area contributed by atoms with Gasteiger partial charge in [0, 0.05) is 6.54 Å². The third-order valence-electron chi connectivity index (χ3n) is 3.56. The number of hydrogen-bond acceptors (Lipinski definition) is 6. The molecule has 0 aliphatic heterocycles. The molecule has 0 aliphatic rings. The van der Waals surface area contributed by atoms with Crippen molar-refractivity contribution in [3.63, 3.8) is 0 Å².